The fraction of sp³-hybridized carbons (Fsp3) is 0.750. The van der Waals surface area contributed by atoms with Crippen LogP contribution >= 0.6 is 22.6 Å². The molecule has 1 aliphatic carbocycles. The molecule has 0 atom stereocenters. The number of hydrogen-bond acceptors (Lipinski definition) is 0. The molecule has 0 aliphatic heterocycles. The van der Waals surface area contributed by atoms with E-state index in [4.69, 9.17) is 0 Å². The Morgan fingerprint density at radius 1 is 0.351 bits per heavy atom. The number of benzene rings is 1. The normalized spacial score (nSPS) is 22.1. The van der Waals surface area contributed by atoms with Crippen molar-refractivity contribution in [1.82, 2.24) is 0 Å². The minimum absolute atomic E-state index is 1.29. The molecule has 1 aromatic rings. The maximum atomic E-state index is 14.4. The lowest BCUT2D eigenvalue weighted by atomic mass is 9.26. The Hall–Kier alpha value is -0.890. The summed E-state index contributed by atoms with van der Waals surface area (Å²) in [5.74, 6) is 0. The quantitative estimate of drug-likeness (QED) is 0.157. The standard InChI is InChI=1S/C18H24F12.C6H5I/c19-1-13(2-20)14(3-21,4-22)16(7-25,8-26)18(11-29,12-30)17(9-27,10-28)15(13,5-23)6-24;7-6-4-2-1-3-5-6/h1-12H2;1-5H. The van der Waals surface area contributed by atoms with Crippen molar-refractivity contribution < 1.29 is 52.7 Å². The molecule has 1 aromatic carbocycles. The van der Waals surface area contributed by atoms with Crippen LogP contribution in [-0.2, 0) is 0 Å². The Bertz CT molecular complexity index is 636. The number of alkyl halides is 12. The fourth-order valence-corrected chi connectivity index (χ4v) is 6.86. The average Bonchev–Trinajstić information content (AvgIpc) is 2.95. The molecule has 1 saturated carbocycles. The predicted molar refractivity (Wildman–Crippen MR) is 125 cm³/mol. The van der Waals surface area contributed by atoms with Gasteiger partial charge in [-0.1, -0.05) is 18.2 Å². The maximum absolute atomic E-state index is 14.4. The molecule has 2 rings (SSSR count). The van der Waals surface area contributed by atoms with Crippen LogP contribution in [0.25, 0.3) is 0 Å². The van der Waals surface area contributed by atoms with Crippen LogP contribution in [0.15, 0.2) is 30.3 Å². The van der Waals surface area contributed by atoms with E-state index in [1.807, 2.05) is 18.2 Å². The van der Waals surface area contributed by atoms with E-state index in [-0.39, 0.29) is 0 Å². The SMILES string of the molecule is FCC1(CF)C(CF)(CF)C(CF)(CF)C(CF)(CF)C(CF)(CF)C1(CF)CF.Ic1ccccc1. The van der Waals surface area contributed by atoms with Crippen LogP contribution in [0.2, 0.25) is 0 Å². The van der Waals surface area contributed by atoms with E-state index in [2.05, 4.69) is 34.7 Å². The van der Waals surface area contributed by atoms with E-state index < -0.39 is 113 Å². The van der Waals surface area contributed by atoms with Crippen molar-refractivity contribution >= 4 is 22.6 Å². The second-order valence-corrected chi connectivity index (χ2v) is 10.6. The van der Waals surface area contributed by atoms with Crippen LogP contribution in [0, 0.1) is 36.1 Å². The van der Waals surface area contributed by atoms with Gasteiger partial charge in [0.15, 0.2) is 0 Å². The Morgan fingerprint density at radius 3 is 0.595 bits per heavy atom. The van der Waals surface area contributed by atoms with Crippen molar-refractivity contribution in [3.05, 3.63) is 33.9 Å². The summed E-state index contributed by atoms with van der Waals surface area (Å²) in [4.78, 5) is 0. The number of rotatable bonds is 12. The first-order valence-electron chi connectivity index (χ1n) is 11.0. The first kappa shape index (κ1) is 34.1. The van der Waals surface area contributed by atoms with Crippen LogP contribution < -0.4 is 0 Å². The average molecular weight is 672 g/mol. The summed E-state index contributed by atoms with van der Waals surface area (Å²) in [6.07, 6.45) is 0. The van der Waals surface area contributed by atoms with Crippen molar-refractivity contribution in [2.45, 2.75) is 0 Å². The predicted octanol–water partition coefficient (Wildman–Crippen LogP) is 7.84. The first-order chi connectivity index (χ1) is 17.6. The van der Waals surface area contributed by atoms with Gasteiger partial charge in [-0.2, -0.15) is 0 Å². The fourth-order valence-electron chi connectivity index (χ4n) is 6.45. The largest absolute Gasteiger partial charge is 0.250 e. The minimum atomic E-state index is -3.71. The lowest BCUT2D eigenvalue weighted by molar-refractivity contribution is -0.378. The van der Waals surface area contributed by atoms with E-state index in [0.29, 0.717) is 0 Å². The van der Waals surface area contributed by atoms with Crippen molar-refractivity contribution in [1.29, 1.82) is 0 Å². The summed E-state index contributed by atoms with van der Waals surface area (Å²) < 4.78 is 174. The van der Waals surface area contributed by atoms with Crippen molar-refractivity contribution in [3.63, 3.8) is 0 Å². The van der Waals surface area contributed by atoms with Crippen molar-refractivity contribution in [3.8, 4) is 0 Å². The molecule has 37 heavy (non-hydrogen) atoms. The van der Waals surface area contributed by atoms with E-state index >= 15 is 0 Å². The molecule has 0 unspecified atom stereocenters. The van der Waals surface area contributed by atoms with Crippen molar-refractivity contribution in [2.75, 3.05) is 80.1 Å². The van der Waals surface area contributed by atoms with Gasteiger partial charge in [-0.05, 0) is 34.7 Å². The zero-order chi connectivity index (χ0) is 28.6. The number of hydrogen-bond donors (Lipinski definition) is 0. The van der Waals surface area contributed by atoms with E-state index in [0.717, 1.165) is 0 Å². The Kier molecular flexibility index (Phi) is 12.4. The number of halogens is 13. The molecular weight excluding hydrogens is 643 g/mol. The summed E-state index contributed by atoms with van der Waals surface area (Å²) in [6.45, 7) is -28.8. The molecule has 0 saturated heterocycles. The molecule has 1 aliphatic rings. The molecule has 0 heterocycles. The summed E-state index contributed by atoms with van der Waals surface area (Å²) in [5, 5.41) is 0. The zero-order valence-corrected chi connectivity index (χ0v) is 21.9. The minimum Gasteiger partial charge on any atom is -0.250 e. The Labute approximate surface area is 221 Å². The third kappa shape index (κ3) is 4.08. The molecule has 0 radical (unpaired) electrons. The highest BCUT2D eigenvalue weighted by Crippen LogP contribution is 2.80. The molecule has 13 heteroatoms. The van der Waals surface area contributed by atoms with E-state index in [1.165, 1.54) is 3.57 Å². The van der Waals surface area contributed by atoms with E-state index in [1.54, 1.807) is 0 Å². The molecule has 0 nitrogen and oxygen atoms in total. The lowest BCUT2D eigenvalue weighted by Gasteiger charge is -2.76. The first-order valence-corrected chi connectivity index (χ1v) is 12.1. The summed E-state index contributed by atoms with van der Waals surface area (Å²) >= 11 is 2.28. The van der Waals surface area contributed by atoms with Gasteiger partial charge in [0, 0.05) is 36.1 Å². The molecular formula is C24H29F12I. The van der Waals surface area contributed by atoms with Crippen molar-refractivity contribution in [2.24, 2.45) is 32.5 Å². The monoisotopic (exact) mass is 672 g/mol. The maximum Gasteiger partial charge on any atom is 0.0990 e. The van der Waals surface area contributed by atoms with Crippen LogP contribution in [0.1, 0.15) is 0 Å². The molecule has 0 amide bonds. The van der Waals surface area contributed by atoms with Gasteiger partial charge in [0.2, 0.25) is 0 Å². The summed E-state index contributed by atoms with van der Waals surface area (Å²) in [7, 11) is 0. The topological polar surface area (TPSA) is 0 Å². The molecule has 1 fully saturated rings. The highest BCUT2D eigenvalue weighted by atomic mass is 127. The molecule has 216 valence electrons. The van der Waals surface area contributed by atoms with Gasteiger partial charge in [0.1, 0.15) is 0 Å². The van der Waals surface area contributed by atoms with Gasteiger partial charge in [-0.15, -0.1) is 0 Å². The van der Waals surface area contributed by atoms with Crippen LogP contribution in [0.4, 0.5) is 52.7 Å². The Balaban J connectivity index is 0.000000836. The van der Waals surface area contributed by atoms with Gasteiger partial charge in [0.25, 0.3) is 0 Å². The van der Waals surface area contributed by atoms with Crippen LogP contribution in [0.5, 0.6) is 0 Å². The Morgan fingerprint density at radius 2 is 0.514 bits per heavy atom. The highest BCUT2D eigenvalue weighted by molar-refractivity contribution is 14.1. The second-order valence-electron chi connectivity index (χ2n) is 9.39. The third-order valence-electron chi connectivity index (χ3n) is 8.97. The van der Waals surface area contributed by atoms with E-state index in [9.17, 15) is 52.7 Å². The summed E-state index contributed by atoms with van der Waals surface area (Å²) in [5.41, 5.74) is -22.3. The third-order valence-corrected chi connectivity index (χ3v) is 9.69. The van der Waals surface area contributed by atoms with Gasteiger partial charge in [-0.25, -0.2) is 0 Å². The van der Waals surface area contributed by atoms with Gasteiger partial charge in [0.05, 0.1) is 80.1 Å². The van der Waals surface area contributed by atoms with Crippen LogP contribution in [-0.4, -0.2) is 80.1 Å². The second kappa shape index (κ2) is 13.5. The smallest absolute Gasteiger partial charge is 0.0990 e. The molecule has 0 N–H and O–H groups in total. The van der Waals surface area contributed by atoms with Crippen LogP contribution in [0.3, 0.4) is 0 Å². The molecule has 0 bridgehead atoms. The summed E-state index contributed by atoms with van der Waals surface area (Å²) in [6, 6.07) is 10.2. The lowest BCUT2D eigenvalue weighted by Crippen LogP contribution is -2.85. The van der Waals surface area contributed by atoms with Gasteiger partial charge >= 0.3 is 0 Å². The highest BCUT2D eigenvalue weighted by Gasteiger charge is 2.88. The zero-order valence-electron chi connectivity index (χ0n) is 19.8. The van der Waals surface area contributed by atoms with Gasteiger partial charge in [-0.3, -0.25) is 52.7 Å². The molecule has 0 aromatic heterocycles. The van der Waals surface area contributed by atoms with Gasteiger partial charge < -0.3 is 0 Å². The molecule has 0 spiro atoms.